The van der Waals surface area contributed by atoms with Crippen LogP contribution in [0.4, 0.5) is 23.7 Å². The van der Waals surface area contributed by atoms with Crippen molar-refractivity contribution in [1.29, 1.82) is 0 Å². The molecule has 2 aromatic rings. The average Bonchev–Trinajstić information content (AvgIpc) is 3.88. The molecule has 322 valence electrons. The standard InChI is InChI=1S/C47H65F3N6O3/c1-59-45(58)51-43-12-6-11-42(43)46(34-54-24-8-25-54,38-9-5-10-40(48)29-38)36-19-26-53(27-20-36)30-35-18-28-55(31-35)41-16-14-37(15-17-41)47(49,50)39-32-56(33-39)44(57)13-7-23-52-21-3-2-4-22-52/h5,7,9-10,13-17,29,35-36,39,42-43H,2-4,6,8,11-12,18-28,30-34H2,1H3,(H,51,58)/b13-7+/t35-,42-,43-,46-/m0/s1. The molecule has 1 saturated carbocycles. The number of nitrogens with zero attached hydrogens (tertiary/aromatic N) is 5. The smallest absolute Gasteiger partial charge is 0.407 e. The summed E-state index contributed by atoms with van der Waals surface area (Å²) in [5.74, 6) is -3.24. The SMILES string of the molecule is COC(=O)N[C@H]1CCC[C@@H]1[C@](CN1CCC1)(c1cccc(F)c1)C1CCN(C[C@@H]2CCN(c3ccc(C(F)(F)C4CN(C(=O)/C=C/CN5CCCCC5)C4)cc3)C2)CC1. The Morgan fingerprint density at radius 1 is 0.780 bits per heavy atom. The Hall–Kier alpha value is -3.61. The summed E-state index contributed by atoms with van der Waals surface area (Å²) in [7, 11) is 1.42. The number of ether oxygens (including phenoxy) is 1. The summed E-state index contributed by atoms with van der Waals surface area (Å²) >= 11 is 0. The maximum atomic E-state index is 15.6. The van der Waals surface area contributed by atoms with E-state index in [1.54, 1.807) is 24.3 Å². The second-order valence-corrected chi connectivity index (χ2v) is 18.5. The van der Waals surface area contributed by atoms with Crippen molar-refractivity contribution in [2.75, 3.05) is 97.1 Å². The number of nitrogens with one attached hydrogen (secondary N) is 1. The number of carbonyl (C=O) groups excluding carboxylic acids is 2. The van der Waals surface area contributed by atoms with Crippen molar-refractivity contribution in [2.24, 2.45) is 23.7 Å². The summed E-state index contributed by atoms with van der Waals surface area (Å²) in [6.45, 7) is 10.7. The van der Waals surface area contributed by atoms with E-state index in [0.29, 0.717) is 11.8 Å². The molecule has 0 unspecified atom stereocenters. The number of halogens is 3. The highest BCUT2D eigenvalue weighted by molar-refractivity contribution is 5.88. The van der Waals surface area contributed by atoms with Gasteiger partial charge in [0.05, 0.1) is 13.0 Å². The Balaban J connectivity index is 0.852. The molecule has 4 atom stereocenters. The molecule has 2 amide bonds. The first-order valence-electron chi connectivity index (χ1n) is 22.6. The molecule has 6 fully saturated rings. The molecule has 0 aromatic heterocycles. The lowest BCUT2D eigenvalue weighted by molar-refractivity contribution is -0.151. The van der Waals surface area contributed by atoms with Crippen molar-refractivity contribution in [3.63, 3.8) is 0 Å². The molecule has 5 aliphatic heterocycles. The van der Waals surface area contributed by atoms with Gasteiger partial charge in [-0.1, -0.05) is 43.2 Å². The molecule has 9 nitrogen and oxygen atoms in total. The van der Waals surface area contributed by atoms with Crippen LogP contribution in [0.25, 0.3) is 0 Å². The summed E-state index contributed by atoms with van der Waals surface area (Å²) in [4.78, 5) is 36.5. The normalized spacial score (nSPS) is 26.5. The minimum Gasteiger partial charge on any atom is -0.453 e. The highest BCUT2D eigenvalue weighted by Gasteiger charge is 2.53. The van der Waals surface area contributed by atoms with Crippen molar-refractivity contribution in [1.82, 2.24) is 24.9 Å². The van der Waals surface area contributed by atoms with Crippen molar-refractivity contribution in [3.05, 3.63) is 77.6 Å². The van der Waals surface area contributed by atoms with Crippen molar-refractivity contribution in [3.8, 4) is 0 Å². The first kappa shape index (κ1) is 42.1. The third-order valence-corrected chi connectivity index (χ3v) is 15.0. The Bertz CT molecular complexity index is 1760. The van der Waals surface area contributed by atoms with Crippen LogP contribution in [0.15, 0.2) is 60.7 Å². The summed E-state index contributed by atoms with van der Waals surface area (Å²) in [5.41, 5.74) is 1.78. The van der Waals surface area contributed by atoms with Gasteiger partial charge < -0.3 is 29.7 Å². The number of benzene rings is 2. The molecule has 0 radical (unpaired) electrons. The third kappa shape index (κ3) is 9.35. The molecule has 59 heavy (non-hydrogen) atoms. The highest BCUT2D eigenvalue weighted by atomic mass is 19.3. The molecular formula is C47H65F3N6O3. The van der Waals surface area contributed by atoms with Crippen molar-refractivity contribution >= 4 is 17.7 Å². The predicted octanol–water partition coefficient (Wildman–Crippen LogP) is 7.12. The van der Waals surface area contributed by atoms with Crippen LogP contribution >= 0.6 is 0 Å². The first-order valence-corrected chi connectivity index (χ1v) is 22.6. The lowest BCUT2D eigenvalue weighted by Crippen LogP contribution is -2.59. The molecule has 5 heterocycles. The van der Waals surface area contributed by atoms with E-state index in [1.165, 1.54) is 43.8 Å². The number of rotatable bonds is 14. The van der Waals surface area contributed by atoms with E-state index in [9.17, 15) is 9.59 Å². The fraction of sp³-hybridized carbons (Fsp3) is 0.660. The number of amides is 2. The lowest BCUT2D eigenvalue weighted by atomic mass is 9.57. The van der Waals surface area contributed by atoms with Gasteiger partial charge in [-0.3, -0.25) is 9.69 Å². The van der Waals surface area contributed by atoms with E-state index in [2.05, 4.69) is 31.0 Å². The van der Waals surface area contributed by atoms with E-state index in [1.807, 2.05) is 24.3 Å². The van der Waals surface area contributed by atoms with Crippen molar-refractivity contribution in [2.45, 2.75) is 81.6 Å². The van der Waals surface area contributed by atoms with Crippen molar-refractivity contribution < 1.29 is 27.5 Å². The summed E-state index contributed by atoms with van der Waals surface area (Å²) in [5, 5.41) is 3.19. The number of piperidine rings is 2. The lowest BCUT2D eigenvalue weighted by Gasteiger charge is -2.53. The fourth-order valence-electron chi connectivity index (χ4n) is 11.5. The largest absolute Gasteiger partial charge is 0.453 e. The van der Waals surface area contributed by atoms with Gasteiger partial charge in [-0.2, -0.15) is 0 Å². The Kier molecular flexibility index (Phi) is 13.2. The van der Waals surface area contributed by atoms with Crippen LogP contribution in [0.2, 0.25) is 0 Å². The Morgan fingerprint density at radius 3 is 2.22 bits per heavy atom. The molecule has 6 aliphatic rings. The molecule has 8 rings (SSSR count). The maximum absolute atomic E-state index is 15.6. The summed E-state index contributed by atoms with van der Waals surface area (Å²) in [6.07, 6.45) is 13.9. The molecule has 5 saturated heterocycles. The highest BCUT2D eigenvalue weighted by Crippen LogP contribution is 2.52. The Labute approximate surface area is 349 Å². The predicted molar refractivity (Wildman–Crippen MR) is 225 cm³/mol. The number of alkyl halides is 2. The van der Waals surface area contributed by atoms with Crippen LogP contribution in [0.3, 0.4) is 0 Å². The monoisotopic (exact) mass is 819 g/mol. The quantitative estimate of drug-likeness (QED) is 0.204. The van der Waals surface area contributed by atoms with Gasteiger partial charge in [0.15, 0.2) is 0 Å². The zero-order chi connectivity index (χ0) is 41.0. The minimum atomic E-state index is -3.00. The number of likely N-dealkylation sites (tertiary alicyclic amines) is 4. The first-order chi connectivity index (χ1) is 28.6. The van der Waals surface area contributed by atoms with Gasteiger partial charge in [0.1, 0.15) is 5.82 Å². The van der Waals surface area contributed by atoms with Gasteiger partial charge in [0.25, 0.3) is 5.92 Å². The van der Waals surface area contributed by atoms with E-state index < -0.39 is 17.9 Å². The van der Waals surface area contributed by atoms with Crippen LogP contribution in [0.5, 0.6) is 0 Å². The molecular weight excluding hydrogens is 754 g/mol. The zero-order valence-electron chi connectivity index (χ0n) is 35.0. The number of hydrogen-bond acceptors (Lipinski definition) is 7. The number of alkyl carbamates (subject to hydrolysis) is 1. The van der Waals surface area contributed by atoms with Gasteiger partial charge in [-0.15, -0.1) is 0 Å². The minimum absolute atomic E-state index is 0.0179. The Morgan fingerprint density at radius 2 is 1.53 bits per heavy atom. The number of anilines is 1. The third-order valence-electron chi connectivity index (χ3n) is 15.0. The second-order valence-electron chi connectivity index (χ2n) is 18.5. The van der Waals surface area contributed by atoms with E-state index in [4.69, 9.17) is 4.74 Å². The molecule has 1 aliphatic carbocycles. The van der Waals surface area contributed by atoms with Crippen LogP contribution < -0.4 is 10.2 Å². The number of carbonyl (C=O) groups is 2. The molecule has 0 spiro atoms. The van der Waals surface area contributed by atoms with E-state index in [-0.39, 0.29) is 47.8 Å². The molecule has 1 N–H and O–H groups in total. The topological polar surface area (TPSA) is 71.6 Å². The van der Waals surface area contributed by atoms with E-state index >= 15 is 13.2 Å². The summed E-state index contributed by atoms with van der Waals surface area (Å²) < 4.78 is 51.3. The van der Waals surface area contributed by atoms with Gasteiger partial charge in [-0.05, 0) is 138 Å². The van der Waals surface area contributed by atoms with Gasteiger partial charge >= 0.3 is 6.09 Å². The zero-order valence-corrected chi connectivity index (χ0v) is 35.0. The van der Waals surface area contributed by atoms with Crippen LogP contribution in [-0.4, -0.2) is 130 Å². The fourth-order valence-corrected chi connectivity index (χ4v) is 11.5. The number of hydrogen-bond donors (Lipinski definition) is 1. The van der Waals surface area contributed by atoms with Gasteiger partial charge in [-0.25, -0.2) is 18.0 Å². The molecule has 2 aromatic carbocycles. The molecule has 0 bridgehead atoms. The van der Waals surface area contributed by atoms with E-state index in [0.717, 1.165) is 122 Å². The van der Waals surface area contributed by atoms with Crippen LogP contribution in [-0.2, 0) is 20.9 Å². The summed E-state index contributed by atoms with van der Waals surface area (Å²) in [6, 6.07) is 14.1. The van der Waals surface area contributed by atoms with Crippen LogP contribution in [0, 0.1) is 29.5 Å². The van der Waals surface area contributed by atoms with Gasteiger partial charge in [0, 0.05) is 74.6 Å². The average molecular weight is 819 g/mol. The second kappa shape index (κ2) is 18.6. The van der Waals surface area contributed by atoms with Gasteiger partial charge in [0.2, 0.25) is 5.91 Å². The maximum Gasteiger partial charge on any atom is 0.407 e. The number of methoxy groups -OCH3 is 1. The van der Waals surface area contributed by atoms with Crippen LogP contribution in [0.1, 0.15) is 75.3 Å². The molecule has 12 heteroatoms.